The molecule has 0 spiro atoms. The second-order valence-corrected chi connectivity index (χ2v) is 6.77. The summed E-state index contributed by atoms with van der Waals surface area (Å²) in [4.78, 5) is 15.1. The minimum atomic E-state index is -0.245. The van der Waals surface area contributed by atoms with Crippen LogP contribution in [0.1, 0.15) is 16.2 Å². The van der Waals surface area contributed by atoms with Gasteiger partial charge in [-0.05, 0) is 24.8 Å². The third-order valence-corrected chi connectivity index (χ3v) is 5.27. The first-order valence-corrected chi connectivity index (χ1v) is 8.52. The molecule has 0 bridgehead atoms. The number of rotatable bonds is 6. The molecule has 0 aliphatic rings. The van der Waals surface area contributed by atoms with Gasteiger partial charge in [0.2, 0.25) is 0 Å². The van der Waals surface area contributed by atoms with Gasteiger partial charge in [-0.2, -0.15) is 0 Å². The van der Waals surface area contributed by atoms with Crippen LogP contribution >= 0.6 is 34.4 Å². The fourth-order valence-electron chi connectivity index (χ4n) is 1.59. The van der Waals surface area contributed by atoms with Gasteiger partial charge in [0.1, 0.15) is 11.6 Å². The maximum Gasteiger partial charge on any atom is 0.138 e. The second kappa shape index (κ2) is 6.50. The minimum Gasteiger partial charge on any atom is -0.299 e. The summed E-state index contributed by atoms with van der Waals surface area (Å²) >= 11 is 4.72. The zero-order valence-electron chi connectivity index (χ0n) is 9.94. The Morgan fingerprint density at radius 1 is 1.28 bits per heavy atom. The Morgan fingerprint density at radius 2 is 2.06 bits per heavy atom. The molecule has 2 heterocycles. The zero-order chi connectivity index (χ0) is 13.0. The molecule has 0 amide bonds. The monoisotopic (exact) mass is 300 g/mol. The van der Waals surface area contributed by atoms with Crippen molar-refractivity contribution in [3.8, 4) is 0 Å². The normalized spacial score (nSPS) is 10.8. The molecule has 0 saturated carbocycles. The average molecular weight is 300 g/mol. The van der Waals surface area contributed by atoms with E-state index in [1.54, 1.807) is 23.1 Å². The van der Waals surface area contributed by atoms with Crippen LogP contribution in [0, 0.1) is 5.82 Å². The third kappa shape index (κ3) is 3.93. The van der Waals surface area contributed by atoms with Gasteiger partial charge in [-0.1, -0.05) is 0 Å². The molecule has 0 aromatic carbocycles. The standard InChI is InChI=1S/C13H13FOS3/c1-16-13-6-11(18-8-13)3-2-10(15)5-12-4-9(14)7-17-12/h4,6-8H,2-3,5H2,1H3. The predicted octanol–water partition coefficient (Wildman–Crippen LogP) is 4.42. The summed E-state index contributed by atoms with van der Waals surface area (Å²) in [6.07, 6.45) is 3.73. The van der Waals surface area contributed by atoms with Gasteiger partial charge in [0.15, 0.2) is 0 Å². The minimum absolute atomic E-state index is 0.177. The lowest BCUT2D eigenvalue weighted by molar-refractivity contribution is -0.118. The Kier molecular flexibility index (Phi) is 4.97. The lowest BCUT2D eigenvalue weighted by Gasteiger charge is -1.97. The van der Waals surface area contributed by atoms with Crippen molar-refractivity contribution in [3.05, 3.63) is 38.5 Å². The second-order valence-electron chi connectivity index (χ2n) is 3.90. The molecule has 1 nitrogen and oxygen atoms in total. The molecular weight excluding hydrogens is 287 g/mol. The van der Waals surface area contributed by atoms with Gasteiger partial charge in [-0.25, -0.2) is 4.39 Å². The molecule has 5 heteroatoms. The maximum absolute atomic E-state index is 12.8. The lowest BCUT2D eigenvalue weighted by atomic mass is 10.1. The number of thioether (sulfide) groups is 1. The van der Waals surface area contributed by atoms with Gasteiger partial charge >= 0.3 is 0 Å². The molecule has 2 rings (SSSR count). The van der Waals surface area contributed by atoms with Crippen molar-refractivity contribution >= 4 is 40.2 Å². The molecule has 0 aliphatic carbocycles. The van der Waals surface area contributed by atoms with Gasteiger partial charge < -0.3 is 0 Å². The third-order valence-electron chi connectivity index (χ3n) is 2.51. The largest absolute Gasteiger partial charge is 0.299 e. The molecule has 0 unspecified atom stereocenters. The fourth-order valence-corrected chi connectivity index (χ4v) is 3.96. The number of aryl methyl sites for hydroxylation is 1. The van der Waals surface area contributed by atoms with E-state index in [-0.39, 0.29) is 11.6 Å². The number of Topliss-reactive ketones (excluding diaryl/α,β-unsaturated/α-hetero) is 1. The van der Waals surface area contributed by atoms with E-state index < -0.39 is 0 Å². The Morgan fingerprint density at radius 3 is 2.67 bits per heavy atom. The molecule has 0 N–H and O–H groups in total. The molecule has 0 aliphatic heterocycles. The molecule has 0 saturated heterocycles. The summed E-state index contributed by atoms with van der Waals surface area (Å²) < 4.78 is 12.8. The van der Waals surface area contributed by atoms with Crippen LogP contribution in [-0.2, 0) is 17.6 Å². The van der Waals surface area contributed by atoms with Crippen LogP contribution in [0.5, 0.6) is 0 Å². The van der Waals surface area contributed by atoms with Gasteiger partial charge in [0.25, 0.3) is 0 Å². The molecule has 96 valence electrons. The van der Waals surface area contributed by atoms with Crippen LogP contribution in [-0.4, -0.2) is 12.0 Å². The number of hydrogen-bond acceptors (Lipinski definition) is 4. The highest BCUT2D eigenvalue weighted by Gasteiger charge is 2.08. The van der Waals surface area contributed by atoms with Crippen LogP contribution in [0.3, 0.4) is 0 Å². The maximum atomic E-state index is 12.8. The number of ketones is 1. The smallest absolute Gasteiger partial charge is 0.138 e. The molecule has 0 atom stereocenters. The Hall–Kier alpha value is -0.650. The first-order chi connectivity index (χ1) is 8.67. The molecule has 18 heavy (non-hydrogen) atoms. The molecule has 0 radical (unpaired) electrons. The quantitative estimate of drug-likeness (QED) is 0.735. The van der Waals surface area contributed by atoms with Crippen molar-refractivity contribution < 1.29 is 9.18 Å². The summed E-state index contributed by atoms with van der Waals surface area (Å²) in [5.74, 6) is -0.0679. The highest BCUT2D eigenvalue weighted by molar-refractivity contribution is 7.98. The number of thiophene rings is 2. The molecule has 0 fully saturated rings. The summed E-state index contributed by atoms with van der Waals surface area (Å²) in [6.45, 7) is 0. The number of hydrogen-bond donors (Lipinski definition) is 0. The van der Waals surface area contributed by atoms with E-state index in [0.717, 1.165) is 11.3 Å². The van der Waals surface area contributed by atoms with Crippen molar-refractivity contribution in [2.75, 3.05) is 6.26 Å². The summed E-state index contributed by atoms with van der Waals surface area (Å²) in [5, 5.41) is 3.55. The Balaban J connectivity index is 1.81. The number of carbonyl (C=O) groups excluding carboxylic acids is 1. The highest BCUT2D eigenvalue weighted by atomic mass is 32.2. The van der Waals surface area contributed by atoms with E-state index in [2.05, 4.69) is 11.4 Å². The average Bonchev–Trinajstić information content (AvgIpc) is 2.95. The van der Waals surface area contributed by atoms with Crippen molar-refractivity contribution in [1.29, 1.82) is 0 Å². The van der Waals surface area contributed by atoms with Gasteiger partial charge in [0, 0.05) is 38.3 Å². The highest BCUT2D eigenvalue weighted by Crippen LogP contribution is 2.24. The van der Waals surface area contributed by atoms with E-state index in [1.807, 2.05) is 6.26 Å². The molecule has 2 aromatic heterocycles. The van der Waals surface area contributed by atoms with Crippen LogP contribution in [0.2, 0.25) is 0 Å². The summed E-state index contributed by atoms with van der Waals surface area (Å²) in [5.41, 5.74) is 0. The SMILES string of the molecule is CSc1csc(CCC(=O)Cc2cc(F)cs2)c1. The fraction of sp³-hybridized carbons (Fsp3) is 0.308. The Labute approximate surface area is 118 Å². The number of carbonyl (C=O) groups is 1. The first-order valence-electron chi connectivity index (χ1n) is 5.53. The van der Waals surface area contributed by atoms with E-state index in [9.17, 15) is 9.18 Å². The Bertz CT molecular complexity index is 530. The number of halogens is 1. The summed E-state index contributed by atoms with van der Waals surface area (Å²) in [7, 11) is 0. The van der Waals surface area contributed by atoms with Crippen LogP contribution in [0.25, 0.3) is 0 Å². The van der Waals surface area contributed by atoms with E-state index in [0.29, 0.717) is 12.8 Å². The van der Waals surface area contributed by atoms with Crippen molar-refractivity contribution in [1.82, 2.24) is 0 Å². The first kappa shape index (κ1) is 13.8. The summed E-state index contributed by atoms with van der Waals surface area (Å²) in [6, 6.07) is 3.58. The van der Waals surface area contributed by atoms with Crippen molar-refractivity contribution in [2.45, 2.75) is 24.2 Å². The van der Waals surface area contributed by atoms with Gasteiger partial charge in [0.05, 0.1) is 0 Å². The topological polar surface area (TPSA) is 17.1 Å². The predicted molar refractivity (Wildman–Crippen MR) is 77.4 cm³/mol. The van der Waals surface area contributed by atoms with E-state index in [4.69, 9.17) is 0 Å². The van der Waals surface area contributed by atoms with E-state index in [1.165, 1.54) is 32.6 Å². The molecule has 2 aromatic rings. The van der Waals surface area contributed by atoms with E-state index >= 15 is 0 Å². The van der Waals surface area contributed by atoms with Crippen LogP contribution in [0.4, 0.5) is 4.39 Å². The van der Waals surface area contributed by atoms with Crippen LogP contribution < -0.4 is 0 Å². The van der Waals surface area contributed by atoms with Gasteiger partial charge in [-0.3, -0.25) is 4.79 Å². The lowest BCUT2D eigenvalue weighted by Crippen LogP contribution is -2.02. The van der Waals surface area contributed by atoms with Crippen LogP contribution in [0.15, 0.2) is 27.8 Å². The zero-order valence-corrected chi connectivity index (χ0v) is 12.4. The van der Waals surface area contributed by atoms with Gasteiger partial charge in [-0.15, -0.1) is 34.4 Å². The molecular formula is C13H13FOS3. The van der Waals surface area contributed by atoms with Crippen molar-refractivity contribution in [3.63, 3.8) is 0 Å². The van der Waals surface area contributed by atoms with Crippen molar-refractivity contribution in [2.24, 2.45) is 0 Å².